The average Bonchev–Trinajstić information content (AvgIpc) is 0.855. The van der Waals surface area contributed by atoms with Crippen molar-refractivity contribution >= 4 is 70.9 Å². The van der Waals surface area contributed by atoms with E-state index >= 15 is 9.59 Å². The fourth-order valence-corrected chi connectivity index (χ4v) is 13.7. The lowest BCUT2D eigenvalue weighted by Gasteiger charge is -2.41. The summed E-state index contributed by atoms with van der Waals surface area (Å²) in [6.45, 7) is 29.3. The number of allylic oxidation sites excluding steroid dienone is 4. The number of carbonyl (C=O) groups is 12. The molecule has 13 atom stereocenters. The maximum Gasteiger partial charge on any atom is 0.303 e. The minimum atomic E-state index is -1.61. The van der Waals surface area contributed by atoms with Crippen LogP contribution < -0.4 is 21.3 Å². The number of aliphatic carboxylic acids is 1. The third-order valence-corrected chi connectivity index (χ3v) is 20.4. The van der Waals surface area contributed by atoms with Crippen LogP contribution in [0.1, 0.15) is 246 Å². The second kappa shape index (κ2) is 48.4. The Kier molecular flexibility index (Phi) is 44.3. The summed E-state index contributed by atoms with van der Waals surface area (Å²) < 4.78 is 0. The molecule has 0 aromatic rings. The van der Waals surface area contributed by atoms with Crippen LogP contribution in [-0.2, 0) is 57.5 Å². The number of aliphatic hydroxyl groups is 1. The van der Waals surface area contributed by atoms with Crippen molar-refractivity contribution in [1.29, 1.82) is 0 Å². The second-order valence-electron chi connectivity index (χ2n) is 32.3. The Bertz CT molecular complexity index is 2830. The topological polar surface area (TPSA) is 316 Å². The van der Waals surface area contributed by atoms with Gasteiger partial charge in [-0.25, -0.2) is 0 Å². The van der Waals surface area contributed by atoms with Crippen LogP contribution in [0.5, 0.6) is 0 Å². The van der Waals surface area contributed by atoms with E-state index in [-0.39, 0.29) is 55.8 Å². The largest absolute Gasteiger partial charge is 0.481 e. The molecule has 2 rings (SSSR count). The van der Waals surface area contributed by atoms with Gasteiger partial charge in [-0.15, -0.1) is 0 Å². The summed E-state index contributed by atoms with van der Waals surface area (Å²) in [5, 5.41) is 31.6. The highest BCUT2D eigenvalue weighted by molar-refractivity contribution is 5.99. The van der Waals surface area contributed by atoms with Gasteiger partial charge < -0.3 is 65.8 Å². The number of nitrogens with one attached hydrogen (secondary N) is 4. The number of amides is 11. The first-order valence-electron chi connectivity index (χ1n) is 39.2. The molecule has 1 saturated heterocycles. The van der Waals surface area contributed by atoms with E-state index in [0.717, 1.165) is 28.6 Å². The average molecular weight is 1480 g/mol. The van der Waals surface area contributed by atoms with Crippen LogP contribution in [0.25, 0.3) is 0 Å². The van der Waals surface area contributed by atoms with Gasteiger partial charge in [0.05, 0.1) is 12.6 Å². The lowest BCUT2D eigenvalue weighted by Crippen LogP contribution is -2.63. The molecular formula is C80H143N11O14. The Morgan fingerprint density at radius 2 is 0.933 bits per heavy atom. The molecule has 1 fully saturated rings. The number of rotatable bonds is 28. The van der Waals surface area contributed by atoms with Crippen LogP contribution in [0.4, 0.5) is 0 Å². The number of carbonyl (C=O) groups excluding carboxylic acids is 11. The van der Waals surface area contributed by atoms with Gasteiger partial charge in [-0.05, 0) is 132 Å². The Labute approximate surface area is 631 Å². The lowest BCUT2D eigenvalue weighted by atomic mass is 9.91. The van der Waals surface area contributed by atoms with Gasteiger partial charge >= 0.3 is 5.97 Å². The van der Waals surface area contributed by atoms with Crippen LogP contribution in [-0.4, -0.2) is 238 Å². The smallest absolute Gasteiger partial charge is 0.303 e. The van der Waals surface area contributed by atoms with Gasteiger partial charge in [0.15, 0.2) is 0 Å². The number of carboxylic acids is 1. The molecule has 13 unspecified atom stereocenters. The molecule has 0 bridgehead atoms. The fourth-order valence-electron chi connectivity index (χ4n) is 13.7. The van der Waals surface area contributed by atoms with E-state index in [4.69, 9.17) is 5.11 Å². The van der Waals surface area contributed by atoms with Gasteiger partial charge in [0.2, 0.25) is 65.0 Å². The third-order valence-electron chi connectivity index (χ3n) is 20.4. The standard InChI is InChI=1S/C62H111N11O12.C18H32O2/c1-25-27-28-40(15)52(75)51-56(79)65-43(26-2)58(81)67(18)33-48(74)68(19)44(29-34(3)4)55(78)66-49(38(11)12)61(84)69(20)45(30-35(5)6)54(77)63-41(16)53(76)64-42(17)57(80)70(21)46(31-36(7)8)59(82)71(22)47(32-37(9)10)60(83)72(23)50(39(13)14)62(85)73(51)24;19-18(20)16-10-8-6-4-2-1-3-5-7-9-13-17-14-11-12-15-17/h25,27,34-47,49-52,75H,26,28-33H2,1-24H3,(H,63,77)(H,64,76)(H,65,79)(H,66,78);11,14,17H,1-10,12-13,15-16H2,(H,19,20). The zero-order valence-electron chi connectivity index (χ0n) is 69.1. The van der Waals surface area contributed by atoms with Crippen molar-refractivity contribution in [3.63, 3.8) is 0 Å². The molecule has 0 aromatic heterocycles. The van der Waals surface area contributed by atoms with Crippen LogP contribution in [0.2, 0.25) is 0 Å². The van der Waals surface area contributed by atoms with E-state index in [1.807, 2.05) is 61.5 Å². The van der Waals surface area contributed by atoms with Crippen molar-refractivity contribution < 1.29 is 67.7 Å². The van der Waals surface area contributed by atoms with Crippen LogP contribution >= 0.6 is 0 Å². The van der Waals surface area contributed by atoms with Crippen molar-refractivity contribution in [3.05, 3.63) is 24.3 Å². The molecule has 0 spiro atoms. The summed E-state index contributed by atoms with van der Waals surface area (Å²) in [4.78, 5) is 179. The molecule has 105 heavy (non-hydrogen) atoms. The number of carboxylic acid groups (broad SMARTS) is 1. The van der Waals surface area contributed by atoms with Crippen molar-refractivity contribution in [1.82, 2.24) is 55.6 Å². The minimum absolute atomic E-state index is 0.0229. The Morgan fingerprint density at radius 1 is 0.495 bits per heavy atom. The van der Waals surface area contributed by atoms with E-state index in [2.05, 4.69) is 33.4 Å². The molecule has 0 radical (unpaired) electrons. The molecule has 1 heterocycles. The van der Waals surface area contributed by atoms with Crippen molar-refractivity contribution in [2.45, 2.75) is 313 Å². The highest BCUT2D eigenvalue weighted by atomic mass is 16.4. The van der Waals surface area contributed by atoms with Gasteiger partial charge in [-0.2, -0.15) is 0 Å². The van der Waals surface area contributed by atoms with Gasteiger partial charge in [-0.3, -0.25) is 57.5 Å². The molecular weight excluding hydrogens is 1340 g/mol. The minimum Gasteiger partial charge on any atom is -0.481 e. The zero-order chi connectivity index (χ0) is 80.4. The van der Waals surface area contributed by atoms with Gasteiger partial charge in [0, 0.05) is 55.8 Å². The van der Waals surface area contributed by atoms with Gasteiger partial charge in [0.1, 0.15) is 60.4 Å². The molecule has 0 saturated carbocycles. The summed E-state index contributed by atoms with van der Waals surface area (Å²) >= 11 is 0. The molecule has 6 N–H and O–H groups in total. The summed E-state index contributed by atoms with van der Waals surface area (Å²) in [5.74, 6) is -9.47. The van der Waals surface area contributed by atoms with E-state index < -0.39 is 162 Å². The van der Waals surface area contributed by atoms with Crippen LogP contribution in [0, 0.1) is 47.3 Å². The predicted molar refractivity (Wildman–Crippen MR) is 413 cm³/mol. The summed E-state index contributed by atoms with van der Waals surface area (Å²) in [7, 11) is 9.92. The normalized spacial score (nSPS) is 25.2. The summed E-state index contributed by atoms with van der Waals surface area (Å²) in [6, 6.07) is -12.3. The lowest BCUT2D eigenvalue weighted by molar-refractivity contribution is -0.157. The molecule has 2 aliphatic rings. The maximum atomic E-state index is 15.1. The van der Waals surface area contributed by atoms with E-state index in [9.17, 15) is 53.1 Å². The number of hydrogen-bond acceptors (Lipinski definition) is 13. The monoisotopic (exact) mass is 1480 g/mol. The molecule has 602 valence electrons. The Hall–Kier alpha value is -6.92. The fraction of sp³-hybridized carbons (Fsp3) is 0.800. The van der Waals surface area contributed by atoms with Crippen LogP contribution in [0.3, 0.4) is 0 Å². The maximum absolute atomic E-state index is 15.1. The Balaban J connectivity index is 0.00000235. The molecule has 1 aliphatic heterocycles. The van der Waals surface area contributed by atoms with Gasteiger partial charge in [0.25, 0.3) is 0 Å². The number of hydrogen-bond donors (Lipinski definition) is 6. The number of likely N-dealkylation sites (N-methyl/N-ethyl adjacent to an activating group) is 7. The highest BCUT2D eigenvalue weighted by Crippen LogP contribution is 2.27. The highest BCUT2D eigenvalue weighted by Gasteiger charge is 2.46. The number of aliphatic hydroxyl groups excluding tert-OH is 1. The third kappa shape index (κ3) is 32.2. The summed E-state index contributed by atoms with van der Waals surface area (Å²) in [6.07, 6.45) is 24.9. The SMILES string of the molecule is CC=CCC(C)C(O)C1C(=O)NC(CC)C(=O)N(C)CC(=O)N(C)C(CC(C)C)C(=O)NC(C(C)C)C(=O)N(C)C(CC(C)C)C(=O)NC(C)C(=O)NC(C)C(=O)N(C)C(CC(C)C)C(=O)N(C)C(CC(C)C)C(=O)N(C)C(C(C)C)C(=O)N1C.O=C(O)CCCCCCCCCCCCC1C=CCC1. The van der Waals surface area contributed by atoms with E-state index in [0.29, 0.717) is 12.8 Å². The van der Waals surface area contributed by atoms with Crippen LogP contribution in [0.15, 0.2) is 24.3 Å². The summed E-state index contributed by atoms with van der Waals surface area (Å²) in [5.41, 5.74) is 0. The number of unbranched alkanes of at least 4 members (excludes halogenated alkanes) is 9. The Morgan fingerprint density at radius 3 is 1.39 bits per heavy atom. The molecule has 25 nitrogen and oxygen atoms in total. The quantitative estimate of drug-likeness (QED) is 0.0315. The first kappa shape index (κ1) is 96.1. The van der Waals surface area contributed by atoms with Crippen molar-refractivity contribution in [3.8, 4) is 0 Å². The van der Waals surface area contributed by atoms with Gasteiger partial charge in [-0.1, -0.05) is 179 Å². The van der Waals surface area contributed by atoms with E-state index in [1.165, 1.54) is 158 Å². The zero-order valence-corrected chi connectivity index (χ0v) is 69.1. The number of nitrogens with zero attached hydrogens (tertiary/aromatic N) is 7. The molecule has 0 aromatic carbocycles. The molecule has 1 aliphatic carbocycles. The first-order valence-corrected chi connectivity index (χ1v) is 39.2. The molecule has 25 heteroatoms. The first-order chi connectivity index (χ1) is 49.0. The molecule has 11 amide bonds. The van der Waals surface area contributed by atoms with E-state index in [1.54, 1.807) is 54.5 Å². The predicted octanol–water partition coefficient (Wildman–Crippen LogP) is 8.99. The second-order valence-corrected chi connectivity index (χ2v) is 32.3. The van der Waals surface area contributed by atoms with Crippen molar-refractivity contribution in [2.75, 3.05) is 55.9 Å². The van der Waals surface area contributed by atoms with Crippen molar-refractivity contribution in [2.24, 2.45) is 47.3 Å².